The third-order valence-corrected chi connectivity index (χ3v) is 14.3. The van der Waals surface area contributed by atoms with Gasteiger partial charge in [0, 0.05) is 50.0 Å². The normalized spacial score (nSPS) is 11.8. The van der Waals surface area contributed by atoms with Crippen LogP contribution < -0.4 is 4.90 Å². The first-order chi connectivity index (χ1) is 34.2. The molecular formula is C66H43N3. The molecule has 0 fully saturated rings. The largest absolute Gasteiger partial charge is 0.311 e. The molecule has 0 N–H and O–H groups in total. The highest BCUT2D eigenvalue weighted by Gasteiger charge is 2.20. The van der Waals surface area contributed by atoms with Crippen molar-refractivity contribution in [3.05, 3.63) is 261 Å². The van der Waals surface area contributed by atoms with Gasteiger partial charge >= 0.3 is 0 Å². The molecule has 2 aromatic heterocycles. The second-order valence-electron chi connectivity index (χ2n) is 18.1. The van der Waals surface area contributed by atoms with E-state index in [9.17, 15) is 0 Å². The maximum atomic E-state index is 2.47. The van der Waals surface area contributed by atoms with Gasteiger partial charge in [0.05, 0.1) is 22.1 Å². The summed E-state index contributed by atoms with van der Waals surface area (Å²) in [6, 6.07) is 95.5. The van der Waals surface area contributed by atoms with Crippen molar-refractivity contribution >= 4 is 93.0 Å². The van der Waals surface area contributed by atoms with Crippen LogP contribution in [0.5, 0.6) is 0 Å². The van der Waals surface area contributed by atoms with E-state index < -0.39 is 0 Å². The monoisotopic (exact) mass is 877 g/mol. The van der Waals surface area contributed by atoms with E-state index in [0.717, 1.165) is 28.4 Å². The maximum Gasteiger partial charge on any atom is 0.0542 e. The van der Waals surface area contributed by atoms with Crippen LogP contribution >= 0.6 is 0 Å². The van der Waals surface area contributed by atoms with Crippen LogP contribution in [0.15, 0.2) is 261 Å². The van der Waals surface area contributed by atoms with Crippen molar-refractivity contribution in [1.29, 1.82) is 0 Å². The Bertz CT molecular complexity index is 4210. The molecule has 322 valence electrons. The smallest absolute Gasteiger partial charge is 0.0542 e. The van der Waals surface area contributed by atoms with Crippen LogP contribution in [0.1, 0.15) is 0 Å². The zero-order valence-electron chi connectivity index (χ0n) is 37.7. The van der Waals surface area contributed by atoms with Gasteiger partial charge in [-0.2, -0.15) is 0 Å². The van der Waals surface area contributed by atoms with Crippen LogP contribution in [0.25, 0.3) is 110 Å². The molecule has 0 bridgehead atoms. The first-order valence-electron chi connectivity index (χ1n) is 23.8. The molecule has 0 saturated heterocycles. The molecule has 0 aliphatic carbocycles. The average Bonchev–Trinajstić information content (AvgIpc) is 3.93. The highest BCUT2D eigenvalue weighted by Crippen LogP contribution is 2.42. The second kappa shape index (κ2) is 15.7. The fourth-order valence-corrected chi connectivity index (χ4v) is 11.1. The molecule has 14 aromatic rings. The summed E-state index contributed by atoms with van der Waals surface area (Å²) in [7, 11) is 0. The number of benzene rings is 12. The molecule has 12 aromatic carbocycles. The fourth-order valence-electron chi connectivity index (χ4n) is 11.1. The Morgan fingerprint density at radius 1 is 0.203 bits per heavy atom. The Morgan fingerprint density at radius 2 is 0.551 bits per heavy atom. The summed E-state index contributed by atoms with van der Waals surface area (Å²) in [4.78, 5) is 2.31. The van der Waals surface area contributed by atoms with Crippen molar-refractivity contribution in [3.63, 3.8) is 0 Å². The van der Waals surface area contributed by atoms with Gasteiger partial charge in [0.25, 0.3) is 0 Å². The molecule has 0 amide bonds. The molecule has 2 heterocycles. The Kier molecular flexibility index (Phi) is 8.90. The lowest BCUT2D eigenvalue weighted by molar-refractivity contribution is 1.17. The quantitative estimate of drug-likeness (QED) is 0.145. The topological polar surface area (TPSA) is 13.1 Å². The Labute approximate surface area is 399 Å². The van der Waals surface area contributed by atoms with E-state index >= 15 is 0 Å². The van der Waals surface area contributed by atoms with Gasteiger partial charge in [-0.05, 0) is 152 Å². The fraction of sp³-hybridized carbons (Fsp3) is 0. The first kappa shape index (κ1) is 39.0. The van der Waals surface area contributed by atoms with Crippen LogP contribution in [-0.4, -0.2) is 9.13 Å². The van der Waals surface area contributed by atoms with E-state index in [0.29, 0.717) is 0 Å². The Morgan fingerprint density at radius 3 is 1.12 bits per heavy atom. The predicted molar refractivity (Wildman–Crippen MR) is 293 cm³/mol. The maximum absolute atomic E-state index is 2.47. The van der Waals surface area contributed by atoms with Gasteiger partial charge in [0.2, 0.25) is 0 Å². The van der Waals surface area contributed by atoms with Crippen LogP contribution in [0.4, 0.5) is 17.1 Å². The van der Waals surface area contributed by atoms with Gasteiger partial charge in [-0.1, -0.05) is 164 Å². The van der Waals surface area contributed by atoms with E-state index in [2.05, 4.69) is 275 Å². The van der Waals surface area contributed by atoms with E-state index in [1.807, 2.05) is 0 Å². The van der Waals surface area contributed by atoms with Gasteiger partial charge in [-0.3, -0.25) is 0 Å². The molecule has 14 rings (SSSR count). The van der Waals surface area contributed by atoms with Gasteiger partial charge < -0.3 is 14.0 Å². The van der Waals surface area contributed by atoms with E-state index in [-0.39, 0.29) is 0 Å². The van der Waals surface area contributed by atoms with E-state index in [1.54, 1.807) is 0 Å². The van der Waals surface area contributed by atoms with Crippen molar-refractivity contribution < 1.29 is 0 Å². The number of fused-ring (bicyclic) bond motifs is 12. The molecule has 0 aliphatic heterocycles. The predicted octanol–water partition coefficient (Wildman–Crippen LogP) is 18.1. The summed E-state index contributed by atoms with van der Waals surface area (Å²) in [5.41, 5.74) is 15.1. The zero-order valence-corrected chi connectivity index (χ0v) is 37.7. The summed E-state index contributed by atoms with van der Waals surface area (Å²) >= 11 is 0. The number of anilines is 3. The minimum Gasteiger partial charge on any atom is -0.311 e. The third-order valence-electron chi connectivity index (χ3n) is 14.3. The lowest BCUT2D eigenvalue weighted by atomic mass is 9.94. The summed E-state index contributed by atoms with van der Waals surface area (Å²) in [5, 5.41) is 12.5. The van der Waals surface area contributed by atoms with Crippen molar-refractivity contribution in [2.24, 2.45) is 0 Å². The van der Waals surface area contributed by atoms with Gasteiger partial charge in [-0.25, -0.2) is 0 Å². The highest BCUT2D eigenvalue weighted by molar-refractivity contribution is 6.26. The minimum absolute atomic E-state index is 1.11. The van der Waals surface area contributed by atoms with E-state index in [4.69, 9.17) is 0 Å². The minimum atomic E-state index is 1.11. The van der Waals surface area contributed by atoms with Gasteiger partial charge in [0.1, 0.15) is 0 Å². The molecule has 0 radical (unpaired) electrons. The number of para-hydroxylation sites is 3. The van der Waals surface area contributed by atoms with Crippen molar-refractivity contribution in [2.45, 2.75) is 0 Å². The number of hydrogen-bond acceptors (Lipinski definition) is 1. The zero-order chi connectivity index (χ0) is 45.4. The Balaban J connectivity index is 0.976. The molecule has 0 atom stereocenters. The van der Waals surface area contributed by atoms with Crippen LogP contribution in [0.2, 0.25) is 0 Å². The lowest BCUT2D eigenvalue weighted by Gasteiger charge is -2.25. The number of hydrogen-bond donors (Lipinski definition) is 0. The molecule has 3 nitrogen and oxygen atoms in total. The molecule has 3 heteroatoms. The standard InChI is InChI=1S/C66H43N3/c1-4-16-44(17-5-1)46-30-37-64-60(40-46)58-26-14-15-27-63(58)68(64)52-35-39-66-62(43-52)61-41-47(45-28-32-50(33-29-45)67(48-18-6-2-7-19-48)49-20-8-3-9-21-49)31-38-65(61)69(66)51-34-36-57-55-24-11-10-22-53(55)54-23-12-13-25-56(54)59(57)42-51/h1-43H. The average molecular weight is 878 g/mol. The first-order valence-corrected chi connectivity index (χ1v) is 23.8. The number of nitrogens with zero attached hydrogens (tertiary/aromatic N) is 3. The van der Waals surface area contributed by atoms with E-state index in [1.165, 1.54) is 98.2 Å². The molecular weight excluding hydrogens is 835 g/mol. The Hall–Kier alpha value is -9.18. The summed E-state index contributed by atoms with van der Waals surface area (Å²) in [6.07, 6.45) is 0. The summed E-state index contributed by atoms with van der Waals surface area (Å²) < 4.78 is 4.92. The molecule has 0 spiro atoms. The molecule has 0 aliphatic rings. The SMILES string of the molecule is c1ccc(-c2ccc3c(c2)c2ccccc2n3-c2ccc3c(c2)c2cc(-c4ccc(N(c5ccccc5)c5ccccc5)cc4)ccc2n3-c2ccc3c4ccccc4c4ccccc4c3c2)cc1. The summed E-state index contributed by atoms with van der Waals surface area (Å²) in [5.74, 6) is 0. The number of rotatable bonds is 7. The number of aromatic nitrogens is 2. The van der Waals surface area contributed by atoms with Gasteiger partial charge in [0.15, 0.2) is 0 Å². The third kappa shape index (κ3) is 6.29. The molecule has 0 saturated carbocycles. The second-order valence-corrected chi connectivity index (χ2v) is 18.1. The van der Waals surface area contributed by atoms with Crippen molar-refractivity contribution in [2.75, 3.05) is 4.90 Å². The highest BCUT2D eigenvalue weighted by atomic mass is 15.1. The van der Waals surface area contributed by atoms with Crippen molar-refractivity contribution in [3.8, 4) is 33.6 Å². The van der Waals surface area contributed by atoms with Crippen LogP contribution in [-0.2, 0) is 0 Å². The molecule has 69 heavy (non-hydrogen) atoms. The van der Waals surface area contributed by atoms with Crippen LogP contribution in [0, 0.1) is 0 Å². The summed E-state index contributed by atoms with van der Waals surface area (Å²) in [6.45, 7) is 0. The van der Waals surface area contributed by atoms with Gasteiger partial charge in [-0.15, -0.1) is 0 Å². The lowest BCUT2D eigenvalue weighted by Crippen LogP contribution is -2.09. The van der Waals surface area contributed by atoms with Crippen LogP contribution in [0.3, 0.4) is 0 Å². The molecule has 0 unspecified atom stereocenters. The van der Waals surface area contributed by atoms with Crippen molar-refractivity contribution in [1.82, 2.24) is 9.13 Å².